The fourth-order valence-corrected chi connectivity index (χ4v) is 2.92. The van der Waals surface area contributed by atoms with Gasteiger partial charge in [-0.15, -0.1) is 0 Å². The first-order chi connectivity index (χ1) is 9.13. The molecule has 1 heterocycles. The summed E-state index contributed by atoms with van der Waals surface area (Å²) in [6, 6.07) is 6.44. The van der Waals surface area contributed by atoms with Gasteiger partial charge in [-0.1, -0.05) is 23.8 Å². The van der Waals surface area contributed by atoms with Gasteiger partial charge in [0, 0.05) is 6.54 Å². The van der Waals surface area contributed by atoms with Crippen molar-refractivity contribution in [3.63, 3.8) is 0 Å². The molecule has 0 radical (unpaired) electrons. The summed E-state index contributed by atoms with van der Waals surface area (Å²) in [5, 5.41) is 3.34. The lowest BCUT2D eigenvalue weighted by molar-refractivity contribution is -0.128. The number of nitrogens with zero attached hydrogens (tertiary/aromatic N) is 1. The molecule has 1 N–H and O–H groups in total. The summed E-state index contributed by atoms with van der Waals surface area (Å²) in [6.07, 6.45) is 3.21. The Morgan fingerprint density at radius 3 is 2.95 bits per heavy atom. The van der Waals surface area contributed by atoms with Gasteiger partial charge in [0.15, 0.2) is 0 Å². The van der Waals surface area contributed by atoms with Crippen molar-refractivity contribution in [2.75, 3.05) is 25.1 Å². The van der Waals surface area contributed by atoms with Crippen LogP contribution in [0.15, 0.2) is 18.2 Å². The molecule has 4 heteroatoms. The molecule has 1 aromatic rings. The number of benzene rings is 1. The highest BCUT2D eigenvalue weighted by atomic mass is 32.2. The molecule has 0 aromatic heterocycles. The molecule has 0 spiro atoms. The number of amides is 1. The number of rotatable bonds is 5. The highest BCUT2D eigenvalue weighted by molar-refractivity contribution is 7.98. The van der Waals surface area contributed by atoms with Crippen molar-refractivity contribution >= 4 is 17.7 Å². The number of aryl methyl sites for hydroxylation is 2. The predicted molar refractivity (Wildman–Crippen MR) is 81.4 cm³/mol. The van der Waals surface area contributed by atoms with Gasteiger partial charge in [0.1, 0.15) is 6.17 Å². The van der Waals surface area contributed by atoms with Crippen LogP contribution in [0.4, 0.5) is 0 Å². The zero-order chi connectivity index (χ0) is 13.8. The highest BCUT2D eigenvalue weighted by Crippen LogP contribution is 2.26. The molecule has 1 aliphatic rings. The molecule has 0 bridgehead atoms. The smallest absolute Gasteiger partial charge is 0.238 e. The van der Waals surface area contributed by atoms with E-state index >= 15 is 0 Å². The molecule has 1 saturated heterocycles. The van der Waals surface area contributed by atoms with E-state index in [4.69, 9.17) is 0 Å². The first-order valence-electron chi connectivity index (χ1n) is 6.72. The Morgan fingerprint density at radius 1 is 1.42 bits per heavy atom. The average molecular weight is 278 g/mol. The second kappa shape index (κ2) is 6.44. The van der Waals surface area contributed by atoms with E-state index in [2.05, 4.69) is 43.6 Å². The van der Waals surface area contributed by atoms with Crippen molar-refractivity contribution in [2.45, 2.75) is 26.4 Å². The highest BCUT2D eigenvalue weighted by Gasteiger charge is 2.31. The first-order valence-corrected chi connectivity index (χ1v) is 8.12. The van der Waals surface area contributed by atoms with E-state index in [1.165, 1.54) is 16.7 Å². The molecule has 0 saturated carbocycles. The molecule has 1 atom stereocenters. The minimum Gasteiger partial charge on any atom is -0.322 e. The maximum atomic E-state index is 12.0. The predicted octanol–water partition coefficient (Wildman–Crippen LogP) is 2.49. The van der Waals surface area contributed by atoms with Gasteiger partial charge in [-0.25, -0.2) is 0 Å². The summed E-state index contributed by atoms with van der Waals surface area (Å²) in [7, 11) is 0. The Morgan fingerprint density at radius 2 is 2.21 bits per heavy atom. The third kappa shape index (κ3) is 3.31. The lowest BCUT2D eigenvalue weighted by atomic mass is 10.0. The van der Waals surface area contributed by atoms with Crippen molar-refractivity contribution in [3.8, 4) is 0 Å². The molecular formula is C15H22N2OS. The molecule has 0 aliphatic carbocycles. The van der Waals surface area contributed by atoms with Crippen molar-refractivity contribution in [3.05, 3.63) is 34.9 Å². The topological polar surface area (TPSA) is 32.3 Å². The van der Waals surface area contributed by atoms with Crippen LogP contribution in [0.5, 0.6) is 0 Å². The second-order valence-electron chi connectivity index (χ2n) is 5.08. The molecule has 1 amide bonds. The molecule has 3 nitrogen and oxygen atoms in total. The number of hydrogen-bond donors (Lipinski definition) is 1. The monoisotopic (exact) mass is 278 g/mol. The number of hydrogen-bond acceptors (Lipinski definition) is 3. The van der Waals surface area contributed by atoms with Crippen LogP contribution in [0.2, 0.25) is 0 Å². The quantitative estimate of drug-likeness (QED) is 0.840. The largest absolute Gasteiger partial charge is 0.322 e. The van der Waals surface area contributed by atoms with E-state index in [9.17, 15) is 4.79 Å². The third-order valence-electron chi connectivity index (χ3n) is 3.56. The summed E-state index contributed by atoms with van der Waals surface area (Å²) < 4.78 is 0. The summed E-state index contributed by atoms with van der Waals surface area (Å²) >= 11 is 1.83. The Balaban J connectivity index is 2.17. The van der Waals surface area contributed by atoms with Crippen LogP contribution < -0.4 is 5.32 Å². The number of thioether (sulfide) groups is 1. The van der Waals surface area contributed by atoms with Gasteiger partial charge in [-0.3, -0.25) is 10.1 Å². The third-order valence-corrected chi connectivity index (χ3v) is 4.25. The lowest BCUT2D eigenvalue weighted by Crippen LogP contribution is -2.32. The van der Waals surface area contributed by atoms with Crippen LogP contribution in [0.3, 0.4) is 0 Å². The van der Waals surface area contributed by atoms with Crippen LogP contribution in [0, 0.1) is 13.8 Å². The normalized spacial score (nSPS) is 19.2. The molecule has 1 aromatic carbocycles. The van der Waals surface area contributed by atoms with E-state index in [1.807, 2.05) is 16.7 Å². The minimum atomic E-state index is 0.0502. The average Bonchev–Trinajstić information content (AvgIpc) is 2.75. The molecule has 1 unspecified atom stereocenters. The summed E-state index contributed by atoms with van der Waals surface area (Å²) in [6.45, 7) is 5.50. The zero-order valence-electron chi connectivity index (χ0n) is 11.9. The van der Waals surface area contributed by atoms with Crippen LogP contribution in [-0.2, 0) is 4.79 Å². The molecule has 1 aliphatic heterocycles. The van der Waals surface area contributed by atoms with E-state index in [0.29, 0.717) is 6.54 Å². The standard InChI is InChI=1S/C15H22N2OS/c1-11-5-6-12(2)13(9-11)15-16-10-14(18)17(15)7-4-8-19-3/h5-6,9,15-16H,4,7-8,10H2,1-3H3. The SMILES string of the molecule is CSCCCN1C(=O)CNC1c1cc(C)ccc1C. The van der Waals surface area contributed by atoms with Crippen LogP contribution >= 0.6 is 11.8 Å². The Hall–Kier alpha value is -1.00. The van der Waals surface area contributed by atoms with E-state index in [0.717, 1.165) is 18.7 Å². The van der Waals surface area contributed by atoms with Crippen molar-refractivity contribution in [2.24, 2.45) is 0 Å². The Kier molecular flexibility index (Phi) is 4.88. The summed E-state index contributed by atoms with van der Waals surface area (Å²) in [5.41, 5.74) is 3.72. The Labute approximate surface area is 119 Å². The molecule has 19 heavy (non-hydrogen) atoms. The van der Waals surface area contributed by atoms with Gasteiger partial charge in [-0.05, 0) is 43.4 Å². The van der Waals surface area contributed by atoms with Gasteiger partial charge in [-0.2, -0.15) is 11.8 Å². The van der Waals surface area contributed by atoms with Crippen LogP contribution in [0.1, 0.15) is 29.3 Å². The van der Waals surface area contributed by atoms with Gasteiger partial charge < -0.3 is 4.90 Å². The van der Waals surface area contributed by atoms with Crippen molar-refractivity contribution in [1.82, 2.24) is 10.2 Å². The number of nitrogens with one attached hydrogen (secondary N) is 1. The van der Waals surface area contributed by atoms with Gasteiger partial charge in [0.05, 0.1) is 6.54 Å². The van der Waals surface area contributed by atoms with E-state index in [1.54, 1.807) is 0 Å². The minimum absolute atomic E-state index is 0.0502. The molecule has 1 fully saturated rings. The lowest BCUT2D eigenvalue weighted by Gasteiger charge is -2.26. The van der Waals surface area contributed by atoms with Gasteiger partial charge in [0.2, 0.25) is 5.91 Å². The van der Waals surface area contributed by atoms with Gasteiger partial charge >= 0.3 is 0 Å². The van der Waals surface area contributed by atoms with Crippen LogP contribution in [0.25, 0.3) is 0 Å². The fourth-order valence-electron chi connectivity index (χ4n) is 2.51. The van der Waals surface area contributed by atoms with E-state index in [-0.39, 0.29) is 12.1 Å². The first kappa shape index (κ1) is 14.4. The summed E-state index contributed by atoms with van der Waals surface area (Å²) in [5.74, 6) is 1.32. The number of carbonyl (C=O) groups is 1. The summed E-state index contributed by atoms with van der Waals surface area (Å²) in [4.78, 5) is 14.0. The van der Waals surface area contributed by atoms with Crippen molar-refractivity contribution < 1.29 is 4.79 Å². The van der Waals surface area contributed by atoms with Crippen molar-refractivity contribution in [1.29, 1.82) is 0 Å². The maximum Gasteiger partial charge on any atom is 0.238 e. The molecule has 104 valence electrons. The number of carbonyl (C=O) groups excluding carboxylic acids is 1. The fraction of sp³-hybridized carbons (Fsp3) is 0.533. The second-order valence-corrected chi connectivity index (χ2v) is 6.06. The molecular weight excluding hydrogens is 256 g/mol. The van der Waals surface area contributed by atoms with Gasteiger partial charge in [0.25, 0.3) is 0 Å². The zero-order valence-corrected chi connectivity index (χ0v) is 12.7. The molecule has 2 rings (SSSR count). The van der Waals surface area contributed by atoms with E-state index < -0.39 is 0 Å². The van der Waals surface area contributed by atoms with Crippen LogP contribution in [-0.4, -0.2) is 35.9 Å². The Bertz CT molecular complexity index is 461. The maximum absolute atomic E-state index is 12.0.